The summed E-state index contributed by atoms with van der Waals surface area (Å²) in [6.07, 6.45) is 8.27. The van der Waals surface area contributed by atoms with E-state index in [9.17, 15) is 4.79 Å². The van der Waals surface area contributed by atoms with Gasteiger partial charge < -0.3 is 25.6 Å². The van der Waals surface area contributed by atoms with E-state index in [0.29, 0.717) is 49.9 Å². The van der Waals surface area contributed by atoms with Crippen molar-refractivity contribution in [3.05, 3.63) is 23.6 Å². The van der Waals surface area contributed by atoms with E-state index >= 15 is 0 Å². The molecule has 0 aromatic rings. The minimum absolute atomic E-state index is 0.0785. The molecule has 138 valence electrons. The first-order valence-corrected chi connectivity index (χ1v) is 9.00. The second-order valence-electron chi connectivity index (χ2n) is 7.08. The number of guanidine groups is 1. The molecule has 3 aliphatic rings. The van der Waals surface area contributed by atoms with E-state index < -0.39 is 0 Å². The lowest BCUT2D eigenvalue weighted by Gasteiger charge is -2.27. The van der Waals surface area contributed by atoms with Crippen LogP contribution in [0.4, 0.5) is 0 Å². The van der Waals surface area contributed by atoms with Gasteiger partial charge in [-0.1, -0.05) is 6.08 Å². The number of carbonyl (C=O) groups excluding carboxylic acids is 1. The SMILES string of the molecule is N=C(N)NC1=CC[C@@H](C(=O)OC2=CC[C@H]3[C@@H](CCO)CO[C@H]3C2)CC1. The lowest BCUT2D eigenvalue weighted by molar-refractivity contribution is -0.145. The third-order valence-corrected chi connectivity index (χ3v) is 5.40. The quantitative estimate of drug-likeness (QED) is 0.338. The number of carbonyl (C=O) groups is 1. The number of hydrogen-bond acceptors (Lipinski definition) is 5. The minimum Gasteiger partial charge on any atom is -0.431 e. The molecule has 7 heteroatoms. The standard InChI is InChI=1S/C18H27N3O4/c19-18(20)21-13-3-1-11(2-4-13)17(23)25-14-5-6-15-12(7-8-22)10-24-16(15)9-14/h3,5,11-12,15-16,22H,1-2,4,6-10H2,(H4,19,20,21)/t11-,12+,15+,16+/m1/s1. The van der Waals surface area contributed by atoms with Gasteiger partial charge in [0.2, 0.25) is 0 Å². The van der Waals surface area contributed by atoms with Crippen molar-refractivity contribution >= 4 is 11.9 Å². The molecule has 0 unspecified atom stereocenters. The zero-order chi connectivity index (χ0) is 17.8. The van der Waals surface area contributed by atoms with Gasteiger partial charge in [0.15, 0.2) is 5.96 Å². The maximum Gasteiger partial charge on any atom is 0.314 e. The van der Waals surface area contributed by atoms with Crippen LogP contribution in [0.2, 0.25) is 0 Å². The maximum absolute atomic E-state index is 12.4. The molecule has 0 bridgehead atoms. The van der Waals surface area contributed by atoms with E-state index in [4.69, 9.17) is 25.7 Å². The third kappa shape index (κ3) is 4.41. The molecule has 0 radical (unpaired) electrons. The van der Waals surface area contributed by atoms with Crippen molar-refractivity contribution in [1.82, 2.24) is 5.32 Å². The zero-order valence-corrected chi connectivity index (χ0v) is 14.4. The van der Waals surface area contributed by atoms with Crippen LogP contribution in [0.5, 0.6) is 0 Å². The molecule has 4 atom stereocenters. The fourth-order valence-corrected chi connectivity index (χ4v) is 4.00. The first-order valence-electron chi connectivity index (χ1n) is 9.00. The molecule has 5 N–H and O–H groups in total. The molecule has 1 fully saturated rings. The number of aliphatic hydroxyl groups excluding tert-OH is 1. The van der Waals surface area contributed by atoms with Crippen LogP contribution in [0.3, 0.4) is 0 Å². The summed E-state index contributed by atoms with van der Waals surface area (Å²) in [4.78, 5) is 12.4. The van der Waals surface area contributed by atoms with E-state index in [2.05, 4.69) is 5.32 Å². The highest BCUT2D eigenvalue weighted by Gasteiger charge is 2.39. The highest BCUT2D eigenvalue weighted by atomic mass is 16.5. The zero-order valence-electron chi connectivity index (χ0n) is 14.4. The fraction of sp³-hybridized carbons (Fsp3) is 0.667. The molecule has 0 aromatic heterocycles. The molecular formula is C18H27N3O4. The van der Waals surface area contributed by atoms with Crippen LogP contribution in [-0.4, -0.2) is 36.4 Å². The summed E-state index contributed by atoms with van der Waals surface area (Å²) in [5.41, 5.74) is 6.21. The summed E-state index contributed by atoms with van der Waals surface area (Å²) in [6.45, 7) is 0.878. The van der Waals surface area contributed by atoms with Crippen LogP contribution in [0.15, 0.2) is 23.6 Å². The molecule has 3 rings (SSSR count). The largest absolute Gasteiger partial charge is 0.431 e. The molecule has 1 heterocycles. The molecule has 1 aliphatic heterocycles. The number of hydrogen-bond donors (Lipinski definition) is 4. The van der Waals surface area contributed by atoms with E-state index in [0.717, 1.165) is 18.5 Å². The Morgan fingerprint density at radius 3 is 2.96 bits per heavy atom. The predicted molar refractivity (Wildman–Crippen MR) is 92.3 cm³/mol. The van der Waals surface area contributed by atoms with Gasteiger partial charge in [0.1, 0.15) is 5.76 Å². The molecule has 1 saturated heterocycles. The van der Waals surface area contributed by atoms with Gasteiger partial charge in [-0.2, -0.15) is 0 Å². The normalized spacial score (nSPS) is 31.6. The Kier molecular flexibility index (Phi) is 5.75. The number of allylic oxidation sites excluding steroid dienone is 3. The Morgan fingerprint density at radius 2 is 2.28 bits per heavy atom. The van der Waals surface area contributed by atoms with Gasteiger partial charge in [-0.25, -0.2) is 0 Å². The van der Waals surface area contributed by atoms with Gasteiger partial charge in [0.05, 0.1) is 18.6 Å². The number of nitrogens with two attached hydrogens (primary N) is 1. The van der Waals surface area contributed by atoms with E-state index in [-0.39, 0.29) is 30.6 Å². The first kappa shape index (κ1) is 17.9. The van der Waals surface area contributed by atoms with Crippen LogP contribution in [0.25, 0.3) is 0 Å². The van der Waals surface area contributed by atoms with Crippen molar-refractivity contribution in [3.8, 4) is 0 Å². The average Bonchev–Trinajstić information content (AvgIpc) is 2.97. The molecule has 0 aromatic carbocycles. The van der Waals surface area contributed by atoms with Gasteiger partial charge in [0.25, 0.3) is 0 Å². The van der Waals surface area contributed by atoms with Crippen molar-refractivity contribution < 1.29 is 19.4 Å². The van der Waals surface area contributed by atoms with E-state index in [1.807, 2.05) is 12.2 Å². The lowest BCUT2D eigenvalue weighted by Crippen LogP contribution is -2.32. The maximum atomic E-state index is 12.4. The fourth-order valence-electron chi connectivity index (χ4n) is 4.00. The molecule has 0 amide bonds. The predicted octanol–water partition coefficient (Wildman–Crippen LogP) is 1.39. The number of fused-ring (bicyclic) bond motifs is 1. The van der Waals surface area contributed by atoms with Crippen LogP contribution in [0, 0.1) is 23.2 Å². The van der Waals surface area contributed by atoms with Crippen molar-refractivity contribution in [2.75, 3.05) is 13.2 Å². The van der Waals surface area contributed by atoms with Gasteiger partial charge in [-0.15, -0.1) is 0 Å². The molecular weight excluding hydrogens is 322 g/mol. The lowest BCUT2D eigenvalue weighted by atomic mass is 9.81. The van der Waals surface area contributed by atoms with Crippen LogP contribution >= 0.6 is 0 Å². The summed E-state index contributed by atoms with van der Waals surface area (Å²) in [7, 11) is 0. The van der Waals surface area contributed by atoms with Crippen LogP contribution in [0.1, 0.15) is 38.5 Å². The van der Waals surface area contributed by atoms with Gasteiger partial charge in [-0.3, -0.25) is 10.2 Å². The summed E-state index contributed by atoms with van der Waals surface area (Å²) in [5.74, 6) is 1.12. The van der Waals surface area contributed by atoms with Crippen LogP contribution < -0.4 is 11.1 Å². The molecule has 0 spiro atoms. The topological polar surface area (TPSA) is 118 Å². The Labute approximate surface area is 147 Å². The molecule has 25 heavy (non-hydrogen) atoms. The smallest absolute Gasteiger partial charge is 0.314 e. The van der Waals surface area contributed by atoms with Gasteiger partial charge in [0, 0.05) is 18.7 Å². The van der Waals surface area contributed by atoms with Crippen LogP contribution in [-0.2, 0) is 14.3 Å². The Morgan fingerprint density at radius 1 is 1.44 bits per heavy atom. The molecule has 7 nitrogen and oxygen atoms in total. The highest BCUT2D eigenvalue weighted by Crippen LogP contribution is 2.39. The monoisotopic (exact) mass is 349 g/mol. The second kappa shape index (κ2) is 8.01. The van der Waals surface area contributed by atoms with Crippen molar-refractivity contribution in [1.29, 1.82) is 5.41 Å². The second-order valence-corrected chi connectivity index (χ2v) is 7.08. The Balaban J connectivity index is 1.50. The average molecular weight is 349 g/mol. The number of nitrogens with one attached hydrogen (secondary N) is 2. The molecule has 2 aliphatic carbocycles. The first-order chi connectivity index (χ1) is 12.1. The summed E-state index contributed by atoms with van der Waals surface area (Å²) in [6, 6.07) is 0. The number of rotatable bonds is 5. The number of aliphatic hydroxyl groups is 1. The van der Waals surface area contributed by atoms with E-state index in [1.54, 1.807) is 0 Å². The summed E-state index contributed by atoms with van der Waals surface area (Å²) < 4.78 is 11.5. The Hall–Kier alpha value is -1.86. The Bertz CT molecular complexity index is 587. The third-order valence-electron chi connectivity index (χ3n) is 5.40. The minimum atomic E-state index is -0.187. The number of ether oxygens (including phenoxy) is 2. The number of esters is 1. The van der Waals surface area contributed by atoms with Gasteiger partial charge in [-0.05, 0) is 50.0 Å². The van der Waals surface area contributed by atoms with E-state index in [1.165, 1.54) is 0 Å². The van der Waals surface area contributed by atoms with Crippen molar-refractivity contribution in [2.45, 2.75) is 44.6 Å². The molecule has 0 saturated carbocycles. The van der Waals surface area contributed by atoms with Crippen molar-refractivity contribution in [2.24, 2.45) is 23.5 Å². The summed E-state index contributed by atoms with van der Waals surface area (Å²) >= 11 is 0. The summed E-state index contributed by atoms with van der Waals surface area (Å²) in [5, 5.41) is 19.2. The highest BCUT2D eigenvalue weighted by molar-refractivity contribution is 5.77. The van der Waals surface area contributed by atoms with Crippen molar-refractivity contribution in [3.63, 3.8) is 0 Å². The van der Waals surface area contributed by atoms with Gasteiger partial charge >= 0.3 is 5.97 Å².